The van der Waals surface area contributed by atoms with Crippen molar-refractivity contribution >= 4 is 17.3 Å². The molecule has 0 spiro atoms. The second kappa shape index (κ2) is 7.07. The summed E-state index contributed by atoms with van der Waals surface area (Å²) in [5.74, 6) is -0.200. The smallest absolute Gasteiger partial charge is 0.268 e. The minimum Gasteiger partial charge on any atom is -0.382 e. The highest BCUT2D eigenvalue weighted by Gasteiger charge is 2.28. The third-order valence-corrected chi connectivity index (χ3v) is 3.57. The van der Waals surface area contributed by atoms with E-state index < -0.39 is 6.10 Å². The molecule has 0 saturated heterocycles. The summed E-state index contributed by atoms with van der Waals surface area (Å²) >= 11 is 0. The lowest BCUT2D eigenvalue weighted by Crippen LogP contribution is -2.28. The predicted molar refractivity (Wildman–Crippen MR) is 88.3 cm³/mol. The van der Waals surface area contributed by atoms with E-state index in [1.54, 1.807) is 7.11 Å². The lowest BCUT2D eigenvalue weighted by Gasteiger charge is -2.10. The molecule has 0 bridgehead atoms. The molecule has 5 heteroatoms. The molecule has 3 rings (SSSR count). The van der Waals surface area contributed by atoms with Gasteiger partial charge in [-0.15, -0.1) is 0 Å². The van der Waals surface area contributed by atoms with Crippen molar-refractivity contribution in [2.24, 2.45) is 5.16 Å². The highest BCUT2D eigenvalue weighted by molar-refractivity contribution is 6.06. The Bertz CT molecular complexity index is 713. The lowest BCUT2D eigenvalue weighted by molar-refractivity contribution is -0.125. The number of hydrogen-bond acceptors (Lipinski definition) is 4. The van der Waals surface area contributed by atoms with Gasteiger partial charge in [-0.05, 0) is 23.3 Å². The van der Waals surface area contributed by atoms with E-state index in [1.807, 2.05) is 54.6 Å². The molecule has 1 aliphatic heterocycles. The normalized spacial score (nSPS) is 16.6. The molecule has 2 aromatic carbocycles. The Kier molecular flexibility index (Phi) is 4.68. The Labute approximate surface area is 134 Å². The fourth-order valence-electron chi connectivity index (χ4n) is 2.45. The molecule has 118 valence electrons. The summed E-state index contributed by atoms with van der Waals surface area (Å²) in [4.78, 5) is 17.6. The summed E-state index contributed by atoms with van der Waals surface area (Å²) in [5, 5.41) is 6.89. The number of anilines is 1. The zero-order valence-corrected chi connectivity index (χ0v) is 12.9. The molecule has 1 unspecified atom stereocenters. The van der Waals surface area contributed by atoms with Gasteiger partial charge in [-0.1, -0.05) is 47.6 Å². The summed E-state index contributed by atoms with van der Waals surface area (Å²) in [6.07, 6.45) is -0.135. The van der Waals surface area contributed by atoms with Gasteiger partial charge >= 0.3 is 0 Å². The van der Waals surface area contributed by atoms with Crippen LogP contribution in [0.4, 0.5) is 5.69 Å². The minimum absolute atomic E-state index is 0.200. The van der Waals surface area contributed by atoms with Crippen LogP contribution in [0.5, 0.6) is 0 Å². The van der Waals surface area contributed by atoms with Crippen molar-refractivity contribution in [2.75, 3.05) is 12.4 Å². The summed E-state index contributed by atoms with van der Waals surface area (Å²) in [6.45, 7) is 0.505. The molecule has 1 aliphatic rings. The van der Waals surface area contributed by atoms with Crippen LogP contribution in [0.15, 0.2) is 59.8 Å². The zero-order chi connectivity index (χ0) is 16.1. The molecule has 0 radical (unpaired) electrons. The van der Waals surface area contributed by atoms with Gasteiger partial charge in [0, 0.05) is 19.2 Å². The number of nitrogens with zero attached hydrogens (tertiary/aromatic N) is 1. The van der Waals surface area contributed by atoms with E-state index in [0.29, 0.717) is 13.0 Å². The molecule has 1 heterocycles. The maximum Gasteiger partial charge on any atom is 0.268 e. The first-order valence-corrected chi connectivity index (χ1v) is 7.43. The van der Waals surface area contributed by atoms with Gasteiger partial charge in [-0.25, -0.2) is 0 Å². The molecule has 1 N–H and O–H groups in total. The lowest BCUT2D eigenvalue weighted by atomic mass is 10.0. The first-order chi connectivity index (χ1) is 11.3. The molecule has 1 atom stereocenters. The van der Waals surface area contributed by atoms with Crippen molar-refractivity contribution in [1.82, 2.24) is 0 Å². The van der Waals surface area contributed by atoms with Gasteiger partial charge in [0.1, 0.15) is 0 Å². The number of carbonyl (C=O) groups is 1. The summed E-state index contributed by atoms with van der Waals surface area (Å²) in [7, 11) is 1.64. The minimum atomic E-state index is -0.601. The number of ether oxygens (including phenoxy) is 1. The largest absolute Gasteiger partial charge is 0.382 e. The SMILES string of the molecule is COCc1cccc(NC(=O)C2CC(c3ccccc3)=NO2)c1. The highest BCUT2D eigenvalue weighted by Crippen LogP contribution is 2.19. The van der Waals surface area contributed by atoms with Gasteiger partial charge < -0.3 is 14.9 Å². The van der Waals surface area contributed by atoms with Gasteiger partial charge in [-0.3, -0.25) is 4.79 Å². The van der Waals surface area contributed by atoms with Crippen LogP contribution in [-0.2, 0) is 21.0 Å². The number of benzene rings is 2. The van der Waals surface area contributed by atoms with Crippen molar-refractivity contribution in [3.05, 3.63) is 65.7 Å². The summed E-state index contributed by atoms with van der Waals surface area (Å²) < 4.78 is 5.09. The standard InChI is InChI=1S/C18H18N2O3/c1-22-12-13-6-5-9-15(10-13)19-18(21)17-11-16(20-23-17)14-7-3-2-4-8-14/h2-10,17H,11-12H2,1H3,(H,19,21). The van der Waals surface area contributed by atoms with Crippen molar-refractivity contribution in [3.63, 3.8) is 0 Å². The number of rotatable bonds is 5. The van der Waals surface area contributed by atoms with Crippen molar-refractivity contribution < 1.29 is 14.4 Å². The van der Waals surface area contributed by atoms with E-state index in [1.165, 1.54) is 0 Å². The van der Waals surface area contributed by atoms with Gasteiger partial charge in [0.2, 0.25) is 6.10 Å². The third kappa shape index (κ3) is 3.76. The van der Waals surface area contributed by atoms with Gasteiger partial charge in [0.15, 0.2) is 0 Å². The maximum atomic E-state index is 12.3. The third-order valence-electron chi connectivity index (χ3n) is 3.57. The fraction of sp³-hybridized carbons (Fsp3) is 0.222. The quantitative estimate of drug-likeness (QED) is 0.923. The second-order valence-electron chi connectivity index (χ2n) is 5.32. The molecular weight excluding hydrogens is 292 g/mol. The Morgan fingerprint density at radius 1 is 1.26 bits per heavy atom. The Hall–Kier alpha value is -2.66. The second-order valence-corrected chi connectivity index (χ2v) is 5.32. The van der Waals surface area contributed by atoms with E-state index in [-0.39, 0.29) is 5.91 Å². The number of nitrogens with one attached hydrogen (secondary N) is 1. The molecule has 0 saturated carbocycles. The predicted octanol–water partition coefficient (Wildman–Crippen LogP) is 2.96. The van der Waals surface area contributed by atoms with Crippen LogP contribution in [0.1, 0.15) is 17.5 Å². The van der Waals surface area contributed by atoms with E-state index in [2.05, 4.69) is 10.5 Å². The molecule has 1 amide bonds. The van der Waals surface area contributed by atoms with Crippen molar-refractivity contribution in [3.8, 4) is 0 Å². The highest BCUT2D eigenvalue weighted by atomic mass is 16.6. The van der Waals surface area contributed by atoms with Crippen LogP contribution in [0.25, 0.3) is 0 Å². The topological polar surface area (TPSA) is 59.9 Å². The number of methoxy groups -OCH3 is 1. The molecule has 0 aromatic heterocycles. The molecule has 0 aliphatic carbocycles. The Balaban J connectivity index is 1.61. The first kappa shape index (κ1) is 15.2. The van der Waals surface area contributed by atoms with E-state index in [4.69, 9.17) is 9.57 Å². The summed E-state index contributed by atoms with van der Waals surface area (Å²) in [5.41, 5.74) is 3.49. The van der Waals surface area contributed by atoms with Gasteiger partial charge in [0.25, 0.3) is 5.91 Å². The monoisotopic (exact) mass is 310 g/mol. The maximum absolute atomic E-state index is 12.3. The molecular formula is C18H18N2O3. The van der Waals surface area contributed by atoms with E-state index >= 15 is 0 Å². The first-order valence-electron chi connectivity index (χ1n) is 7.43. The molecule has 23 heavy (non-hydrogen) atoms. The summed E-state index contributed by atoms with van der Waals surface area (Å²) in [6, 6.07) is 17.3. The van der Waals surface area contributed by atoms with Crippen LogP contribution < -0.4 is 5.32 Å². The van der Waals surface area contributed by atoms with Crippen LogP contribution in [0, 0.1) is 0 Å². The van der Waals surface area contributed by atoms with Crippen molar-refractivity contribution in [1.29, 1.82) is 0 Å². The van der Waals surface area contributed by atoms with Crippen LogP contribution in [-0.4, -0.2) is 24.8 Å². The van der Waals surface area contributed by atoms with Crippen LogP contribution in [0.2, 0.25) is 0 Å². The Morgan fingerprint density at radius 2 is 2.09 bits per heavy atom. The van der Waals surface area contributed by atoms with Crippen molar-refractivity contribution in [2.45, 2.75) is 19.1 Å². The van der Waals surface area contributed by atoms with Gasteiger partial charge in [-0.2, -0.15) is 0 Å². The van der Waals surface area contributed by atoms with Crippen LogP contribution in [0.3, 0.4) is 0 Å². The average Bonchev–Trinajstić information content (AvgIpc) is 3.06. The number of carbonyl (C=O) groups excluding carboxylic acids is 1. The number of hydrogen-bond donors (Lipinski definition) is 1. The van der Waals surface area contributed by atoms with E-state index in [9.17, 15) is 4.79 Å². The van der Waals surface area contributed by atoms with Gasteiger partial charge in [0.05, 0.1) is 12.3 Å². The number of amides is 1. The van der Waals surface area contributed by atoms with E-state index in [0.717, 1.165) is 22.5 Å². The zero-order valence-electron chi connectivity index (χ0n) is 12.9. The fourth-order valence-corrected chi connectivity index (χ4v) is 2.45. The Morgan fingerprint density at radius 3 is 2.87 bits per heavy atom. The van der Waals surface area contributed by atoms with Crippen LogP contribution >= 0.6 is 0 Å². The number of oxime groups is 1. The molecule has 0 fully saturated rings. The molecule has 2 aromatic rings. The average molecular weight is 310 g/mol. The molecule has 5 nitrogen and oxygen atoms in total.